The normalized spacial score (nSPS) is 12.2. The van der Waals surface area contributed by atoms with E-state index >= 15 is 0 Å². The number of carbonyl (C=O) groups is 1. The number of methoxy groups -OCH3 is 1. The second kappa shape index (κ2) is 5.32. The third kappa shape index (κ3) is 2.96. The number of rotatable bonds is 4. The van der Waals surface area contributed by atoms with Crippen LogP contribution in [0.15, 0.2) is 16.6 Å². The van der Waals surface area contributed by atoms with Gasteiger partial charge < -0.3 is 15.6 Å². The molecule has 0 aliphatic carbocycles. The van der Waals surface area contributed by atoms with Crippen molar-refractivity contribution in [2.24, 2.45) is 5.73 Å². The molecule has 1 aromatic carbocycles. The van der Waals surface area contributed by atoms with Gasteiger partial charge in [-0.15, -0.1) is 0 Å². The minimum Gasteiger partial charge on any atom is -0.497 e. The average Bonchev–Trinajstić information content (AvgIpc) is 2.20. The lowest BCUT2D eigenvalue weighted by molar-refractivity contribution is -0.137. The Hall–Kier alpha value is -1.07. The van der Waals surface area contributed by atoms with Crippen molar-refractivity contribution >= 4 is 21.9 Å². The minimum atomic E-state index is -0.917. The van der Waals surface area contributed by atoms with Crippen LogP contribution >= 0.6 is 15.9 Å². The van der Waals surface area contributed by atoms with E-state index in [2.05, 4.69) is 15.9 Å². The summed E-state index contributed by atoms with van der Waals surface area (Å²) in [5, 5.41) is 8.71. The van der Waals surface area contributed by atoms with Gasteiger partial charge in [-0.1, -0.05) is 15.9 Å². The van der Waals surface area contributed by atoms with Crippen LogP contribution in [0.3, 0.4) is 0 Å². The Morgan fingerprint density at radius 1 is 1.62 bits per heavy atom. The smallest absolute Gasteiger partial charge is 0.305 e. The van der Waals surface area contributed by atoms with Gasteiger partial charge in [0.1, 0.15) is 5.75 Å². The lowest BCUT2D eigenvalue weighted by Gasteiger charge is -2.15. The van der Waals surface area contributed by atoms with Gasteiger partial charge in [0.2, 0.25) is 0 Å². The fourth-order valence-corrected chi connectivity index (χ4v) is 1.97. The lowest BCUT2D eigenvalue weighted by Crippen LogP contribution is -2.16. The largest absolute Gasteiger partial charge is 0.497 e. The van der Waals surface area contributed by atoms with E-state index in [4.69, 9.17) is 15.6 Å². The molecule has 0 amide bonds. The van der Waals surface area contributed by atoms with E-state index in [1.54, 1.807) is 13.2 Å². The molecule has 1 atom stereocenters. The molecule has 5 heteroatoms. The summed E-state index contributed by atoms with van der Waals surface area (Å²) >= 11 is 3.41. The first-order chi connectivity index (χ1) is 7.45. The van der Waals surface area contributed by atoms with E-state index in [1.807, 2.05) is 13.0 Å². The van der Waals surface area contributed by atoms with Crippen LogP contribution in [0, 0.1) is 6.92 Å². The number of nitrogens with two attached hydrogens (primary N) is 1. The molecule has 0 radical (unpaired) electrons. The molecule has 1 rings (SSSR count). The Bertz CT molecular complexity index is 406. The molecular formula is C11H14BrNO3. The van der Waals surface area contributed by atoms with Gasteiger partial charge in [-0.2, -0.15) is 0 Å². The van der Waals surface area contributed by atoms with Crippen LogP contribution in [-0.4, -0.2) is 18.2 Å². The molecule has 0 aromatic heterocycles. The van der Waals surface area contributed by atoms with E-state index in [9.17, 15) is 4.79 Å². The Morgan fingerprint density at radius 3 is 2.75 bits per heavy atom. The number of carboxylic acids is 1. The standard InChI is InChI=1S/C11H14BrNO3/c1-6-3-7(16-2)4-8(11(6)12)9(13)5-10(14)15/h3-4,9H,5,13H2,1-2H3,(H,14,15). The molecule has 0 bridgehead atoms. The summed E-state index contributed by atoms with van der Waals surface area (Å²) in [4.78, 5) is 10.6. The number of hydrogen-bond donors (Lipinski definition) is 2. The SMILES string of the molecule is COc1cc(C)c(Br)c(C(N)CC(=O)O)c1. The first kappa shape index (κ1) is 13.0. The Balaban J connectivity index is 3.10. The topological polar surface area (TPSA) is 72.5 Å². The number of aryl methyl sites for hydroxylation is 1. The highest BCUT2D eigenvalue weighted by Gasteiger charge is 2.16. The molecule has 0 spiro atoms. The maximum Gasteiger partial charge on any atom is 0.305 e. The molecule has 16 heavy (non-hydrogen) atoms. The van der Waals surface area contributed by atoms with Crippen molar-refractivity contribution in [3.8, 4) is 5.75 Å². The van der Waals surface area contributed by atoms with Crippen molar-refractivity contribution in [2.75, 3.05) is 7.11 Å². The Kier molecular flexibility index (Phi) is 4.32. The molecule has 1 unspecified atom stereocenters. The van der Waals surface area contributed by atoms with Crippen LogP contribution in [0.5, 0.6) is 5.75 Å². The molecule has 0 fully saturated rings. The molecule has 3 N–H and O–H groups in total. The summed E-state index contributed by atoms with van der Waals surface area (Å²) < 4.78 is 5.96. The van der Waals surface area contributed by atoms with Crippen LogP contribution in [-0.2, 0) is 4.79 Å². The fourth-order valence-electron chi connectivity index (χ4n) is 1.45. The number of carboxylic acid groups (broad SMARTS) is 1. The predicted molar refractivity (Wildman–Crippen MR) is 64.6 cm³/mol. The fraction of sp³-hybridized carbons (Fsp3) is 0.364. The van der Waals surface area contributed by atoms with E-state index in [0.717, 1.165) is 15.6 Å². The Labute approximate surface area is 103 Å². The minimum absolute atomic E-state index is 0.106. The zero-order valence-corrected chi connectivity index (χ0v) is 10.7. The number of ether oxygens (including phenoxy) is 1. The molecule has 0 saturated heterocycles. The van der Waals surface area contributed by atoms with Gasteiger partial charge >= 0.3 is 5.97 Å². The molecule has 0 saturated carbocycles. The number of benzene rings is 1. The van der Waals surface area contributed by atoms with Gasteiger partial charge in [-0.3, -0.25) is 4.79 Å². The first-order valence-electron chi connectivity index (χ1n) is 4.77. The van der Waals surface area contributed by atoms with Crippen molar-refractivity contribution in [3.63, 3.8) is 0 Å². The van der Waals surface area contributed by atoms with E-state index in [0.29, 0.717) is 5.75 Å². The van der Waals surface area contributed by atoms with Crippen molar-refractivity contribution in [3.05, 3.63) is 27.7 Å². The van der Waals surface area contributed by atoms with Gasteiger partial charge in [0.25, 0.3) is 0 Å². The summed E-state index contributed by atoms with van der Waals surface area (Å²) in [6.07, 6.45) is -0.106. The molecule has 88 valence electrons. The van der Waals surface area contributed by atoms with Crippen LogP contribution < -0.4 is 10.5 Å². The second-order valence-corrected chi connectivity index (χ2v) is 4.34. The third-order valence-electron chi connectivity index (χ3n) is 2.29. The second-order valence-electron chi connectivity index (χ2n) is 3.55. The van der Waals surface area contributed by atoms with Gasteiger partial charge in [-0.25, -0.2) is 0 Å². The molecule has 1 aromatic rings. The van der Waals surface area contributed by atoms with Crippen LogP contribution in [0.4, 0.5) is 0 Å². The first-order valence-corrected chi connectivity index (χ1v) is 5.56. The molecular weight excluding hydrogens is 274 g/mol. The maximum absolute atomic E-state index is 10.6. The molecule has 0 aliphatic rings. The summed E-state index contributed by atoms with van der Waals surface area (Å²) in [5.41, 5.74) is 7.54. The summed E-state index contributed by atoms with van der Waals surface area (Å²) in [7, 11) is 1.56. The summed E-state index contributed by atoms with van der Waals surface area (Å²) in [6, 6.07) is 3.08. The van der Waals surface area contributed by atoms with Gasteiger partial charge in [0.05, 0.1) is 13.5 Å². The maximum atomic E-state index is 10.6. The van der Waals surface area contributed by atoms with Crippen LogP contribution in [0.2, 0.25) is 0 Å². The van der Waals surface area contributed by atoms with Gasteiger partial charge in [0, 0.05) is 10.5 Å². The zero-order valence-electron chi connectivity index (χ0n) is 9.16. The molecule has 0 aliphatic heterocycles. The highest BCUT2D eigenvalue weighted by molar-refractivity contribution is 9.10. The molecule has 4 nitrogen and oxygen atoms in total. The third-order valence-corrected chi connectivity index (χ3v) is 3.37. The van der Waals surface area contributed by atoms with Crippen molar-refractivity contribution in [1.82, 2.24) is 0 Å². The summed E-state index contributed by atoms with van der Waals surface area (Å²) in [5.74, 6) is -0.239. The highest BCUT2D eigenvalue weighted by atomic mass is 79.9. The summed E-state index contributed by atoms with van der Waals surface area (Å²) in [6.45, 7) is 1.91. The van der Waals surface area contributed by atoms with Gasteiger partial charge in [-0.05, 0) is 30.2 Å². The predicted octanol–water partition coefficient (Wildman–Crippen LogP) is 2.24. The van der Waals surface area contributed by atoms with Crippen LogP contribution in [0.1, 0.15) is 23.6 Å². The molecule has 0 heterocycles. The van der Waals surface area contributed by atoms with E-state index in [-0.39, 0.29) is 6.42 Å². The van der Waals surface area contributed by atoms with Crippen molar-refractivity contribution < 1.29 is 14.6 Å². The van der Waals surface area contributed by atoms with Gasteiger partial charge in [0.15, 0.2) is 0 Å². The number of aliphatic carboxylic acids is 1. The Morgan fingerprint density at radius 2 is 2.25 bits per heavy atom. The zero-order chi connectivity index (χ0) is 12.3. The average molecular weight is 288 g/mol. The van der Waals surface area contributed by atoms with E-state index < -0.39 is 12.0 Å². The van der Waals surface area contributed by atoms with E-state index in [1.165, 1.54) is 0 Å². The van der Waals surface area contributed by atoms with Crippen molar-refractivity contribution in [1.29, 1.82) is 0 Å². The van der Waals surface area contributed by atoms with Crippen LogP contribution in [0.25, 0.3) is 0 Å². The number of hydrogen-bond acceptors (Lipinski definition) is 3. The lowest BCUT2D eigenvalue weighted by atomic mass is 10.0. The van der Waals surface area contributed by atoms with Crippen molar-refractivity contribution in [2.45, 2.75) is 19.4 Å². The number of halogens is 1. The highest BCUT2D eigenvalue weighted by Crippen LogP contribution is 2.31. The monoisotopic (exact) mass is 287 g/mol. The quantitative estimate of drug-likeness (QED) is 0.891.